The zero-order valence-corrected chi connectivity index (χ0v) is 15.8. The summed E-state index contributed by atoms with van der Waals surface area (Å²) >= 11 is 0. The molecule has 27 heavy (non-hydrogen) atoms. The fraction of sp³-hybridized carbons (Fsp3) is 0.409. The second-order valence-electron chi connectivity index (χ2n) is 7.09. The number of rotatable bonds is 8. The van der Waals surface area contributed by atoms with Crippen LogP contribution in [-0.2, 0) is 11.2 Å². The van der Waals surface area contributed by atoms with E-state index in [2.05, 4.69) is 27.2 Å². The van der Waals surface area contributed by atoms with Crippen LogP contribution in [0.3, 0.4) is 0 Å². The van der Waals surface area contributed by atoms with E-state index in [1.165, 1.54) is 5.56 Å². The van der Waals surface area contributed by atoms with Gasteiger partial charge in [-0.1, -0.05) is 60.7 Å². The average Bonchev–Trinajstić information content (AvgIpc) is 2.71. The Hall–Kier alpha value is -2.21. The van der Waals surface area contributed by atoms with Crippen molar-refractivity contribution in [3.8, 4) is 0 Å². The highest BCUT2D eigenvalue weighted by atomic mass is 16.3. The van der Waals surface area contributed by atoms with Gasteiger partial charge in [0.2, 0.25) is 5.91 Å². The van der Waals surface area contributed by atoms with E-state index < -0.39 is 6.10 Å². The number of aliphatic hydroxyl groups excluding tert-OH is 1. The van der Waals surface area contributed by atoms with Gasteiger partial charge in [0.15, 0.2) is 0 Å². The second kappa shape index (κ2) is 10.2. The van der Waals surface area contributed by atoms with Crippen molar-refractivity contribution >= 4 is 5.91 Å². The minimum atomic E-state index is -0.459. The molecule has 1 saturated heterocycles. The molecular weight excluding hydrogens is 338 g/mol. The summed E-state index contributed by atoms with van der Waals surface area (Å²) in [6, 6.07) is 20.0. The number of nitrogens with one attached hydrogen (secondary N) is 1. The molecule has 5 heteroatoms. The molecule has 0 bridgehead atoms. The van der Waals surface area contributed by atoms with Crippen LogP contribution in [-0.4, -0.2) is 66.6 Å². The molecule has 0 spiro atoms. The third-order valence-corrected chi connectivity index (χ3v) is 5.03. The fourth-order valence-corrected chi connectivity index (χ4v) is 3.41. The van der Waals surface area contributed by atoms with Crippen LogP contribution in [0.25, 0.3) is 0 Å². The fourth-order valence-electron chi connectivity index (χ4n) is 3.41. The minimum absolute atomic E-state index is 0.0868. The van der Waals surface area contributed by atoms with E-state index in [9.17, 15) is 9.90 Å². The van der Waals surface area contributed by atoms with Crippen LogP contribution in [0, 0.1) is 0 Å². The first-order valence-electron chi connectivity index (χ1n) is 9.69. The first-order valence-corrected chi connectivity index (χ1v) is 9.69. The molecule has 1 heterocycles. The normalized spacial score (nSPS) is 16.8. The quantitative estimate of drug-likeness (QED) is 0.746. The van der Waals surface area contributed by atoms with E-state index >= 15 is 0 Å². The van der Waals surface area contributed by atoms with Crippen LogP contribution in [0.15, 0.2) is 60.7 Å². The van der Waals surface area contributed by atoms with E-state index in [0.717, 1.165) is 38.2 Å². The van der Waals surface area contributed by atoms with Gasteiger partial charge >= 0.3 is 0 Å². The molecule has 1 aliphatic heterocycles. The van der Waals surface area contributed by atoms with Crippen LogP contribution in [0.1, 0.15) is 17.2 Å². The highest BCUT2D eigenvalue weighted by molar-refractivity contribution is 5.78. The molecule has 0 saturated carbocycles. The van der Waals surface area contributed by atoms with Crippen LogP contribution in [0.2, 0.25) is 0 Å². The molecule has 0 radical (unpaired) electrons. The molecule has 1 atom stereocenters. The number of β-amino-alcohol motifs (C(OH)–C–C–N with tert-alkyl or cyclic N) is 1. The molecule has 5 nitrogen and oxygen atoms in total. The Bertz CT molecular complexity index is 685. The molecule has 144 valence electrons. The number of amides is 1. The number of piperazine rings is 1. The van der Waals surface area contributed by atoms with Crippen LogP contribution in [0.4, 0.5) is 0 Å². The molecule has 2 aromatic rings. The number of aliphatic hydroxyl groups is 1. The summed E-state index contributed by atoms with van der Waals surface area (Å²) in [5, 5.41) is 13.4. The summed E-state index contributed by atoms with van der Waals surface area (Å²) < 4.78 is 0. The van der Waals surface area contributed by atoms with Crippen molar-refractivity contribution < 1.29 is 9.90 Å². The Balaban J connectivity index is 1.32. The molecular formula is C22H29N3O2. The molecule has 3 rings (SSSR count). The molecule has 1 unspecified atom stereocenters. The standard InChI is InChI=1S/C22H29N3O2/c26-21(20-9-5-2-6-10-20)17-24-13-15-25(16-14-24)18-22(27)23-12-11-19-7-3-1-4-8-19/h1-10,21,26H,11-18H2,(H,23,27). The first kappa shape index (κ1) is 19.5. The Morgan fingerprint density at radius 1 is 0.926 bits per heavy atom. The number of benzene rings is 2. The van der Waals surface area contributed by atoms with Crippen molar-refractivity contribution in [3.05, 3.63) is 71.8 Å². The van der Waals surface area contributed by atoms with E-state index in [4.69, 9.17) is 0 Å². The summed E-state index contributed by atoms with van der Waals surface area (Å²) in [5.41, 5.74) is 2.20. The average molecular weight is 367 g/mol. The maximum absolute atomic E-state index is 12.1. The summed E-state index contributed by atoms with van der Waals surface area (Å²) in [6.45, 7) is 5.22. The zero-order chi connectivity index (χ0) is 18.9. The maximum Gasteiger partial charge on any atom is 0.234 e. The molecule has 1 aliphatic rings. The maximum atomic E-state index is 12.1. The molecule has 2 N–H and O–H groups in total. The van der Waals surface area contributed by atoms with Gasteiger partial charge in [0.1, 0.15) is 0 Å². The predicted octanol–water partition coefficient (Wildman–Crippen LogP) is 1.70. The predicted molar refractivity (Wildman–Crippen MR) is 107 cm³/mol. The number of nitrogens with zero attached hydrogens (tertiary/aromatic N) is 2. The largest absolute Gasteiger partial charge is 0.387 e. The molecule has 1 fully saturated rings. The van der Waals surface area contributed by atoms with E-state index in [1.807, 2.05) is 48.5 Å². The van der Waals surface area contributed by atoms with Crippen molar-refractivity contribution in [2.45, 2.75) is 12.5 Å². The Labute approximate surface area is 161 Å². The lowest BCUT2D eigenvalue weighted by Gasteiger charge is -2.35. The lowest BCUT2D eigenvalue weighted by atomic mass is 10.1. The van der Waals surface area contributed by atoms with E-state index in [0.29, 0.717) is 19.6 Å². The number of carbonyl (C=O) groups excluding carboxylic acids is 1. The molecule has 0 aliphatic carbocycles. The Morgan fingerprint density at radius 3 is 2.19 bits per heavy atom. The van der Waals surface area contributed by atoms with Gasteiger partial charge in [-0.3, -0.25) is 14.6 Å². The molecule has 0 aromatic heterocycles. The first-order chi connectivity index (χ1) is 13.2. The SMILES string of the molecule is O=C(CN1CCN(CC(O)c2ccccc2)CC1)NCCc1ccccc1. The summed E-state index contributed by atoms with van der Waals surface area (Å²) in [5.74, 6) is 0.0868. The van der Waals surface area contributed by atoms with E-state index in [1.54, 1.807) is 0 Å². The molecule has 1 amide bonds. The Morgan fingerprint density at radius 2 is 1.52 bits per heavy atom. The van der Waals surface area contributed by atoms with Crippen molar-refractivity contribution in [1.82, 2.24) is 15.1 Å². The second-order valence-corrected chi connectivity index (χ2v) is 7.09. The number of carbonyl (C=O) groups is 1. The van der Waals surface area contributed by atoms with Crippen molar-refractivity contribution in [2.24, 2.45) is 0 Å². The highest BCUT2D eigenvalue weighted by Gasteiger charge is 2.21. The van der Waals surface area contributed by atoms with Gasteiger partial charge in [0.05, 0.1) is 12.6 Å². The summed E-state index contributed by atoms with van der Waals surface area (Å²) in [4.78, 5) is 16.6. The van der Waals surface area contributed by atoms with Crippen LogP contribution >= 0.6 is 0 Å². The smallest absolute Gasteiger partial charge is 0.234 e. The van der Waals surface area contributed by atoms with Gasteiger partial charge in [-0.15, -0.1) is 0 Å². The van der Waals surface area contributed by atoms with Gasteiger partial charge in [-0.05, 0) is 17.5 Å². The van der Waals surface area contributed by atoms with Gasteiger partial charge in [-0.2, -0.15) is 0 Å². The van der Waals surface area contributed by atoms with Crippen molar-refractivity contribution in [3.63, 3.8) is 0 Å². The lowest BCUT2D eigenvalue weighted by molar-refractivity contribution is -0.122. The van der Waals surface area contributed by atoms with Crippen LogP contribution in [0.5, 0.6) is 0 Å². The van der Waals surface area contributed by atoms with Gasteiger partial charge in [0.25, 0.3) is 0 Å². The van der Waals surface area contributed by atoms with Crippen molar-refractivity contribution in [1.29, 1.82) is 0 Å². The topological polar surface area (TPSA) is 55.8 Å². The van der Waals surface area contributed by atoms with Crippen molar-refractivity contribution in [2.75, 3.05) is 45.8 Å². The summed E-state index contributed by atoms with van der Waals surface area (Å²) in [7, 11) is 0. The lowest BCUT2D eigenvalue weighted by Crippen LogP contribution is -2.50. The molecule has 2 aromatic carbocycles. The van der Waals surface area contributed by atoms with Gasteiger partial charge in [0, 0.05) is 39.3 Å². The van der Waals surface area contributed by atoms with Gasteiger partial charge < -0.3 is 10.4 Å². The number of hydrogen-bond acceptors (Lipinski definition) is 4. The highest BCUT2D eigenvalue weighted by Crippen LogP contribution is 2.14. The number of hydrogen-bond donors (Lipinski definition) is 2. The monoisotopic (exact) mass is 367 g/mol. The minimum Gasteiger partial charge on any atom is -0.387 e. The van der Waals surface area contributed by atoms with Crippen LogP contribution < -0.4 is 5.32 Å². The van der Waals surface area contributed by atoms with Gasteiger partial charge in [-0.25, -0.2) is 0 Å². The third kappa shape index (κ3) is 6.47. The third-order valence-electron chi connectivity index (χ3n) is 5.03. The summed E-state index contributed by atoms with van der Waals surface area (Å²) in [6.07, 6.45) is 0.400. The van der Waals surface area contributed by atoms with E-state index in [-0.39, 0.29) is 5.91 Å². The zero-order valence-electron chi connectivity index (χ0n) is 15.8. The Kier molecular flexibility index (Phi) is 7.39.